The van der Waals surface area contributed by atoms with Crippen molar-refractivity contribution in [2.75, 3.05) is 26.0 Å². The maximum atomic E-state index is 12.2. The van der Waals surface area contributed by atoms with Crippen LogP contribution in [0.25, 0.3) is 17.1 Å². The molecule has 2 aromatic carbocycles. The largest absolute Gasteiger partial charge is 0.385 e. The molecule has 29 heavy (non-hydrogen) atoms. The van der Waals surface area contributed by atoms with E-state index in [0.29, 0.717) is 18.3 Å². The fraction of sp³-hybridized carbons (Fsp3) is 0.318. The summed E-state index contributed by atoms with van der Waals surface area (Å²) in [5.74, 6) is 1.02. The van der Waals surface area contributed by atoms with Gasteiger partial charge >= 0.3 is 0 Å². The van der Waals surface area contributed by atoms with Gasteiger partial charge in [-0.3, -0.25) is 9.36 Å². The number of ether oxygens (including phenoxy) is 1. The van der Waals surface area contributed by atoms with Gasteiger partial charge in [-0.25, -0.2) is 0 Å². The minimum atomic E-state index is -0.0259. The first-order valence-corrected chi connectivity index (χ1v) is 10.6. The average molecular weight is 411 g/mol. The number of nitrogens with one attached hydrogen (secondary N) is 1. The Hall–Kier alpha value is -2.64. The van der Waals surface area contributed by atoms with Gasteiger partial charge in [0.2, 0.25) is 5.91 Å². The zero-order chi connectivity index (χ0) is 20.6. The molecule has 7 heteroatoms. The summed E-state index contributed by atoms with van der Waals surface area (Å²) >= 11 is 1.39. The Morgan fingerprint density at radius 2 is 1.90 bits per heavy atom. The van der Waals surface area contributed by atoms with Crippen molar-refractivity contribution in [2.24, 2.45) is 0 Å². The monoisotopic (exact) mass is 410 g/mol. The van der Waals surface area contributed by atoms with Gasteiger partial charge in [0.1, 0.15) is 0 Å². The van der Waals surface area contributed by atoms with Crippen molar-refractivity contribution in [1.82, 2.24) is 20.1 Å². The first-order chi connectivity index (χ1) is 14.1. The molecule has 0 saturated heterocycles. The minimum Gasteiger partial charge on any atom is -0.385 e. The number of amides is 1. The highest BCUT2D eigenvalue weighted by atomic mass is 32.2. The van der Waals surface area contributed by atoms with E-state index in [4.69, 9.17) is 4.74 Å². The third-order valence-corrected chi connectivity index (χ3v) is 5.52. The molecule has 152 valence electrons. The van der Waals surface area contributed by atoms with Crippen LogP contribution in [0.3, 0.4) is 0 Å². The van der Waals surface area contributed by atoms with Crippen LogP contribution in [0.2, 0.25) is 0 Å². The van der Waals surface area contributed by atoms with Gasteiger partial charge in [-0.1, -0.05) is 48.2 Å². The molecule has 3 aromatic rings. The topological polar surface area (TPSA) is 69.0 Å². The number of rotatable bonds is 9. The Morgan fingerprint density at radius 1 is 1.10 bits per heavy atom. The summed E-state index contributed by atoms with van der Waals surface area (Å²) in [6, 6.07) is 16.2. The zero-order valence-corrected chi connectivity index (χ0v) is 17.8. The fourth-order valence-electron chi connectivity index (χ4n) is 2.86. The van der Waals surface area contributed by atoms with E-state index in [-0.39, 0.29) is 11.7 Å². The first-order valence-electron chi connectivity index (χ1n) is 9.57. The number of carbonyl (C=O) groups is 1. The molecule has 0 aliphatic carbocycles. The first kappa shape index (κ1) is 21.1. The van der Waals surface area contributed by atoms with E-state index < -0.39 is 0 Å². The van der Waals surface area contributed by atoms with E-state index in [0.717, 1.165) is 23.5 Å². The summed E-state index contributed by atoms with van der Waals surface area (Å²) in [6.45, 7) is 5.42. The van der Waals surface area contributed by atoms with Crippen molar-refractivity contribution < 1.29 is 9.53 Å². The molecule has 0 radical (unpaired) electrons. The van der Waals surface area contributed by atoms with Gasteiger partial charge < -0.3 is 10.1 Å². The number of hydrogen-bond donors (Lipinski definition) is 1. The fourth-order valence-corrected chi connectivity index (χ4v) is 3.64. The van der Waals surface area contributed by atoms with Gasteiger partial charge in [-0.2, -0.15) is 0 Å². The summed E-state index contributed by atoms with van der Waals surface area (Å²) < 4.78 is 7.02. The summed E-state index contributed by atoms with van der Waals surface area (Å²) in [5, 5.41) is 12.4. The van der Waals surface area contributed by atoms with E-state index in [1.54, 1.807) is 7.11 Å². The van der Waals surface area contributed by atoms with Crippen molar-refractivity contribution in [3.05, 3.63) is 59.7 Å². The van der Waals surface area contributed by atoms with Crippen LogP contribution < -0.4 is 5.32 Å². The van der Waals surface area contributed by atoms with Gasteiger partial charge in [-0.15, -0.1) is 10.2 Å². The highest BCUT2D eigenvalue weighted by molar-refractivity contribution is 7.99. The molecule has 0 atom stereocenters. The van der Waals surface area contributed by atoms with Crippen LogP contribution in [0.5, 0.6) is 0 Å². The Balaban J connectivity index is 1.84. The van der Waals surface area contributed by atoms with Gasteiger partial charge in [-0.05, 0) is 43.5 Å². The molecule has 0 bridgehead atoms. The molecule has 0 unspecified atom stereocenters. The molecule has 0 fully saturated rings. The Labute approximate surface area is 175 Å². The predicted molar refractivity (Wildman–Crippen MR) is 116 cm³/mol. The quantitative estimate of drug-likeness (QED) is 0.429. The average Bonchev–Trinajstić information content (AvgIpc) is 3.16. The Bertz CT molecular complexity index is 957. The standard InChI is InChI=1S/C22H26N4O2S/c1-16-10-11-19(14-17(16)2)26-21(18-8-5-4-6-9-18)24-25-22(26)29-15-20(27)23-12-7-13-28-3/h4-6,8-11,14H,7,12-13,15H2,1-3H3,(H,23,27). The normalized spacial score (nSPS) is 10.9. The number of thioether (sulfide) groups is 1. The highest BCUT2D eigenvalue weighted by Crippen LogP contribution is 2.28. The van der Waals surface area contributed by atoms with Crippen molar-refractivity contribution in [3.63, 3.8) is 0 Å². The number of aromatic nitrogens is 3. The molecule has 6 nitrogen and oxygen atoms in total. The number of hydrogen-bond acceptors (Lipinski definition) is 5. The van der Waals surface area contributed by atoms with E-state index in [1.165, 1.54) is 22.9 Å². The molecule has 1 amide bonds. The van der Waals surface area contributed by atoms with E-state index in [9.17, 15) is 4.79 Å². The molecule has 1 N–H and O–H groups in total. The number of benzene rings is 2. The summed E-state index contributed by atoms with van der Waals surface area (Å²) in [4.78, 5) is 12.2. The minimum absolute atomic E-state index is 0.0259. The van der Waals surface area contributed by atoms with Crippen molar-refractivity contribution in [3.8, 4) is 17.1 Å². The maximum Gasteiger partial charge on any atom is 0.230 e. The maximum absolute atomic E-state index is 12.2. The molecule has 0 aliphatic heterocycles. The van der Waals surface area contributed by atoms with Crippen LogP contribution >= 0.6 is 11.8 Å². The smallest absolute Gasteiger partial charge is 0.230 e. The van der Waals surface area contributed by atoms with Crippen LogP contribution in [0.4, 0.5) is 0 Å². The predicted octanol–water partition coefficient (Wildman–Crippen LogP) is 3.80. The lowest BCUT2D eigenvalue weighted by Gasteiger charge is -2.12. The van der Waals surface area contributed by atoms with Crippen LogP contribution in [-0.4, -0.2) is 46.7 Å². The lowest BCUT2D eigenvalue weighted by Crippen LogP contribution is -2.26. The van der Waals surface area contributed by atoms with Crippen molar-refractivity contribution in [1.29, 1.82) is 0 Å². The summed E-state index contributed by atoms with van der Waals surface area (Å²) in [6.07, 6.45) is 0.796. The lowest BCUT2D eigenvalue weighted by atomic mass is 10.1. The number of carbonyl (C=O) groups excluding carboxylic acids is 1. The molecule has 0 aliphatic rings. The lowest BCUT2D eigenvalue weighted by molar-refractivity contribution is -0.118. The highest BCUT2D eigenvalue weighted by Gasteiger charge is 2.17. The molecular weight excluding hydrogens is 384 g/mol. The van der Waals surface area contributed by atoms with Crippen LogP contribution in [0.15, 0.2) is 53.7 Å². The number of aryl methyl sites for hydroxylation is 2. The number of methoxy groups -OCH3 is 1. The number of nitrogens with zero attached hydrogens (tertiary/aromatic N) is 3. The van der Waals surface area contributed by atoms with Gasteiger partial charge in [0.25, 0.3) is 0 Å². The summed E-state index contributed by atoms with van der Waals surface area (Å²) in [5.41, 5.74) is 4.39. The van der Waals surface area contributed by atoms with Crippen LogP contribution in [-0.2, 0) is 9.53 Å². The Kier molecular flexibility index (Phi) is 7.43. The SMILES string of the molecule is COCCCNC(=O)CSc1nnc(-c2ccccc2)n1-c1ccc(C)c(C)c1. The molecule has 1 aromatic heterocycles. The van der Waals surface area contributed by atoms with Gasteiger partial charge in [0.15, 0.2) is 11.0 Å². The molecule has 3 rings (SSSR count). The third-order valence-electron chi connectivity index (χ3n) is 4.59. The van der Waals surface area contributed by atoms with E-state index in [1.807, 2.05) is 34.9 Å². The molecular formula is C22H26N4O2S. The van der Waals surface area contributed by atoms with Crippen LogP contribution in [0.1, 0.15) is 17.5 Å². The second-order valence-electron chi connectivity index (χ2n) is 6.76. The third kappa shape index (κ3) is 5.46. The Morgan fingerprint density at radius 3 is 2.62 bits per heavy atom. The molecule has 1 heterocycles. The van der Waals surface area contributed by atoms with Gasteiger partial charge in [0.05, 0.1) is 11.4 Å². The molecule has 0 saturated carbocycles. The second-order valence-corrected chi connectivity index (χ2v) is 7.70. The molecule has 0 spiro atoms. The van der Waals surface area contributed by atoms with Crippen molar-refractivity contribution in [2.45, 2.75) is 25.4 Å². The van der Waals surface area contributed by atoms with E-state index >= 15 is 0 Å². The summed E-state index contributed by atoms with van der Waals surface area (Å²) in [7, 11) is 1.65. The van der Waals surface area contributed by atoms with Crippen LogP contribution in [0, 0.1) is 13.8 Å². The second kappa shape index (κ2) is 10.2. The van der Waals surface area contributed by atoms with Gasteiger partial charge in [0, 0.05) is 25.8 Å². The zero-order valence-electron chi connectivity index (χ0n) is 17.0. The van der Waals surface area contributed by atoms with E-state index in [2.05, 4.69) is 47.6 Å². The van der Waals surface area contributed by atoms with Crippen molar-refractivity contribution >= 4 is 17.7 Å².